The van der Waals surface area contributed by atoms with E-state index in [1.54, 1.807) is 0 Å². The molecule has 1 aromatic rings. The summed E-state index contributed by atoms with van der Waals surface area (Å²) in [5, 5.41) is 5.28. The number of aryl methyl sites for hydroxylation is 1. The summed E-state index contributed by atoms with van der Waals surface area (Å²) >= 11 is 0. The fourth-order valence-corrected chi connectivity index (χ4v) is 3.01. The van der Waals surface area contributed by atoms with Gasteiger partial charge in [-0.15, -0.1) is 0 Å². The van der Waals surface area contributed by atoms with Crippen LogP contribution in [-0.2, 0) is 6.54 Å². The van der Waals surface area contributed by atoms with E-state index in [1.165, 1.54) is 5.70 Å². The molecule has 1 aromatic heterocycles. The molecule has 5 heteroatoms. The quantitative estimate of drug-likeness (QED) is 0.614. The number of aromatic nitrogens is 2. The first-order valence-electron chi connectivity index (χ1n) is 6.18. The standard InChI is InChI=1S/C13H15N5/c1-7-6-18-8(2)15-10-12(18)11-9(16-13(10)14)4-3-5-17(7)11/h3-5,7,16H,6,14H2,1-2H3. The van der Waals surface area contributed by atoms with Gasteiger partial charge in [0.05, 0.1) is 16.7 Å². The lowest BCUT2D eigenvalue weighted by Gasteiger charge is -2.38. The Hall–Kier alpha value is -2.17. The number of nitrogens with one attached hydrogen (secondary N) is 1. The Kier molecular flexibility index (Phi) is 1.63. The van der Waals surface area contributed by atoms with Gasteiger partial charge in [0.1, 0.15) is 17.0 Å². The van der Waals surface area contributed by atoms with Crippen LogP contribution in [0.1, 0.15) is 12.7 Å². The van der Waals surface area contributed by atoms with Crippen molar-refractivity contribution in [2.45, 2.75) is 26.4 Å². The van der Waals surface area contributed by atoms with Gasteiger partial charge in [-0.3, -0.25) is 0 Å². The van der Waals surface area contributed by atoms with E-state index in [-0.39, 0.29) is 0 Å². The zero-order chi connectivity index (χ0) is 12.4. The highest BCUT2D eigenvalue weighted by Gasteiger charge is 2.31. The first kappa shape index (κ1) is 9.82. The first-order chi connectivity index (χ1) is 8.66. The lowest BCUT2D eigenvalue weighted by atomic mass is 10.1. The minimum absolute atomic E-state index is 0.425. The molecule has 0 spiro atoms. The number of hydrogen-bond donors (Lipinski definition) is 2. The van der Waals surface area contributed by atoms with E-state index in [9.17, 15) is 0 Å². The highest BCUT2D eigenvalue weighted by Crippen LogP contribution is 2.26. The molecule has 4 heterocycles. The number of nitrogens with two attached hydrogens (primary N) is 1. The molecule has 0 amide bonds. The third kappa shape index (κ3) is 0.995. The van der Waals surface area contributed by atoms with Gasteiger partial charge in [-0.1, -0.05) is 0 Å². The van der Waals surface area contributed by atoms with Crippen LogP contribution < -0.4 is 21.7 Å². The van der Waals surface area contributed by atoms with E-state index in [4.69, 9.17) is 5.73 Å². The Morgan fingerprint density at radius 3 is 3.17 bits per heavy atom. The molecule has 3 aliphatic heterocycles. The Balaban J connectivity index is 2.23. The maximum atomic E-state index is 6.07. The van der Waals surface area contributed by atoms with Crippen LogP contribution in [0.5, 0.6) is 0 Å². The van der Waals surface area contributed by atoms with Crippen molar-refractivity contribution in [1.29, 1.82) is 0 Å². The second-order valence-electron chi connectivity index (χ2n) is 5.03. The molecule has 0 saturated carbocycles. The molecule has 1 atom stereocenters. The average molecular weight is 241 g/mol. The van der Waals surface area contributed by atoms with Crippen molar-refractivity contribution in [2.75, 3.05) is 0 Å². The first-order valence-corrected chi connectivity index (χ1v) is 6.18. The lowest BCUT2D eigenvalue weighted by Crippen LogP contribution is -2.54. The summed E-state index contributed by atoms with van der Waals surface area (Å²) in [4.78, 5) is 6.90. The zero-order valence-electron chi connectivity index (χ0n) is 10.4. The molecule has 3 aliphatic rings. The number of nitrogens with zero attached hydrogens (tertiary/aromatic N) is 3. The molecule has 1 unspecified atom stereocenters. The molecule has 0 fully saturated rings. The molecular weight excluding hydrogens is 226 g/mol. The van der Waals surface area contributed by atoms with Gasteiger partial charge in [0.15, 0.2) is 0 Å². The normalized spacial score (nSPS) is 23.8. The summed E-state index contributed by atoms with van der Waals surface area (Å²) in [6.45, 7) is 5.21. The van der Waals surface area contributed by atoms with Crippen LogP contribution in [0.4, 0.5) is 0 Å². The molecule has 0 bridgehead atoms. The summed E-state index contributed by atoms with van der Waals surface area (Å²) in [5.74, 6) is 1.67. The van der Waals surface area contributed by atoms with Gasteiger partial charge < -0.3 is 20.5 Å². The molecule has 4 rings (SSSR count). The zero-order valence-corrected chi connectivity index (χ0v) is 10.4. The van der Waals surface area contributed by atoms with Crippen LogP contribution in [-0.4, -0.2) is 20.5 Å². The van der Waals surface area contributed by atoms with Crippen LogP contribution in [0.3, 0.4) is 0 Å². The van der Waals surface area contributed by atoms with Crippen LogP contribution in [0.15, 0.2) is 24.0 Å². The SMILES string of the molecule is Cc1nc2c3n1CC(C)N1C=CC=C(NC=2N)C=31. The van der Waals surface area contributed by atoms with Crippen molar-refractivity contribution in [2.24, 2.45) is 5.73 Å². The Bertz CT molecular complexity index is 734. The van der Waals surface area contributed by atoms with E-state index in [2.05, 4.69) is 45.0 Å². The van der Waals surface area contributed by atoms with E-state index >= 15 is 0 Å². The van der Waals surface area contributed by atoms with Gasteiger partial charge in [0.25, 0.3) is 0 Å². The van der Waals surface area contributed by atoms with E-state index in [1.807, 2.05) is 6.92 Å². The van der Waals surface area contributed by atoms with Crippen LogP contribution >= 0.6 is 0 Å². The van der Waals surface area contributed by atoms with Gasteiger partial charge in [0, 0.05) is 18.8 Å². The summed E-state index contributed by atoms with van der Waals surface area (Å²) in [7, 11) is 0. The molecule has 0 aliphatic carbocycles. The average Bonchev–Trinajstić information content (AvgIpc) is 2.68. The number of allylic oxidation sites excluding steroid dienone is 2. The largest absolute Gasteiger partial charge is 0.383 e. The Morgan fingerprint density at radius 1 is 1.50 bits per heavy atom. The molecule has 5 nitrogen and oxygen atoms in total. The summed E-state index contributed by atoms with van der Waals surface area (Å²) in [6, 6.07) is 0.425. The summed E-state index contributed by atoms with van der Waals surface area (Å²) in [5.41, 5.74) is 8.33. The smallest absolute Gasteiger partial charge is 0.131 e. The number of imidazole rings is 1. The third-order valence-corrected chi connectivity index (χ3v) is 3.85. The van der Waals surface area contributed by atoms with Crippen molar-refractivity contribution in [3.8, 4) is 0 Å². The second kappa shape index (κ2) is 2.98. The number of rotatable bonds is 0. The molecule has 0 aromatic carbocycles. The molecular formula is C13H15N5. The van der Waals surface area contributed by atoms with Crippen LogP contribution in [0.25, 0.3) is 11.5 Å². The number of hydrogen-bond acceptors (Lipinski definition) is 4. The van der Waals surface area contributed by atoms with E-state index < -0.39 is 0 Å². The molecule has 0 radical (unpaired) electrons. The predicted octanol–water partition coefficient (Wildman–Crippen LogP) is -0.957. The van der Waals surface area contributed by atoms with E-state index in [0.29, 0.717) is 11.9 Å². The minimum atomic E-state index is 0.425. The van der Waals surface area contributed by atoms with Crippen molar-refractivity contribution in [1.82, 2.24) is 19.8 Å². The van der Waals surface area contributed by atoms with Gasteiger partial charge in [-0.2, -0.15) is 0 Å². The highest BCUT2D eigenvalue weighted by atomic mass is 15.3. The van der Waals surface area contributed by atoms with Gasteiger partial charge in [-0.05, 0) is 26.0 Å². The van der Waals surface area contributed by atoms with Crippen molar-refractivity contribution < 1.29 is 0 Å². The van der Waals surface area contributed by atoms with Crippen LogP contribution in [0.2, 0.25) is 0 Å². The Morgan fingerprint density at radius 2 is 2.33 bits per heavy atom. The van der Waals surface area contributed by atoms with Crippen LogP contribution in [0, 0.1) is 6.92 Å². The van der Waals surface area contributed by atoms with E-state index in [0.717, 1.165) is 28.8 Å². The highest BCUT2D eigenvalue weighted by molar-refractivity contribution is 5.71. The van der Waals surface area contributed by atoms with Crippen molar-refractivity contribution in [3.05, 3.63) is 40.6 Å². The second-order valence-corrected chi connectivity index (χ2v) is 5.03. The fourth-order valence-electron chi connectivity index (χ4n) is 3.01. The van der Waals surface area contributed by atoms with Gasteiger partial charge >= 0.3 is 0 Å². The third-order valence-electron chi connectivity index (χ3n) is 3.85. The molecule has 18 heavy (non-hydrogen) atoms. The maximum Gasteiger partial charge on any atom is 0.131 e. The maximum absolute atomic E-state index is 6.07. The molecule has 0 saturated heterocycles. The fraction of sp³-hybridized carbons (Fsp3) is 0.308. The summed E-state index contributed by atoms with van der Waals surface area (Å²) in [6.07, 6.45) is 6.24. The Labute approximate surface area is 105 Å². The van der Waals surface area contributed by atoms with Gasteiger partial charge in [-0.25, -0.2) is 4.98 Å². The van der Waals surface area contributed by atoms with Gasteiger partial charge in [0.2, 0.25) is 0 Å². The monoisotopic (exact) mass is 241 g/mol. The molecule has 92 valence electrons. The summed E-state index contributed by atoms with van der Waals surface area (Å²) < 4.78 is 2.27. The lowest BCUT2D eigenvalue weighted by molar-refractivity contribution is 0.329. The molecule has 3 N–H and O–H groups in total. The van der Waals surface area contributed by atoms with Crippen molar-refractivity contribution >= 4 is 11.5 Å². The van der Waals surface area contributed by atoms with Crippen molar-refractivity contribution in [3.63, 3.8) is 0 Å². The predicted molar refractivity (Wildman–Crippen MR) is 68.9 cm³/mol. The topological polar surface area (TPSA) is 59.1 Å². The minimum Gasteiger partial charge on any atom is -0.383 e.